The summed E-state index contributed by atoms with van der Waals surface area (Å²) in [5.41, 5.74) is 0. The van der Waals surface area contributed by atoms with Crippen LogP contribution in [0.15, 0.2) is 0 Å². The Morgan fingerprint density at radius 1 is 1.05 bits per heavy atom. The average Bonchev–Trinajstić information content (AvgIpc) is 1.93. The monoisotopic (exact) mass is 350 g/mol. The van der Waals surface area contributed by atoms with Crippen molar-refractivity contribution < 1.29 is 51.4 Å². The molecule has 0 aromatic heterocycles. The molecule has 5 nitrogen and oxygen atoms in total. The Kier molecular flexibility index (Phi) is 10.6. The fourth-order valence-electron chi connectivity index (χ4n) is 1.05. The van der Waals surface area contributed by atoms with Crippen molar-refractivity contribution in [2.45, 2.75) is 51.2 Å². The van der Waals surface area contributed by atoms with Gasteiger partial charge in [0.25, 0.3) is 0 Å². The molecule has 0 aliphatic heterocycles. The van der Waals surface area contributed by atoms with Gasteiger partial charge < -0.3 is 13.4 Å². The predicted molar refractivity (Wildman–Crippen MR) is 77.8 cm³/mol. The van der Waals surface area contributed by atoms with E-state index in [1.807, 2.05) is 0 Å². The summed E-state index contributed by atoms with van der Waals surface area (Å²) in [4.78, 5) is 0. The van der Waals surface area contributed by atoms with Gasteiger partial charge in [0, 0.05) is 5.75 Å². The van der Waals surface area contributed by atoms with Gasteiger partial charge in [0.2, 0.25) is 0 Å². The van der Waals surface area contributed by atoms with Crippen LogP contribution in [0.25, 0.3) is 0 Å². The maximum Gasteiger partial charge on any atom is 1.00 e. The van der Waals surface area contributed by atoms with Gasteiger partial charge >= 0.3 is 29.6 Å². The molecule has 0 amide bonds. The van der Waals surface area contributed by atoms with Gasteiger partial charge in [0.05, 0.1) is 10.1 Å². The van der Waals surface area contributed by atoms with Crippen LogP contribution in [0.5, 0.6) is 0 Å². The molecule has 0 N–H and O–H groups in total. The van der Waals surface area contributed by atoms with E-state index in [1.54, 1.807) is 0 Å². The van der Waals surface area contributed by atoms with Gasteiger partial charge in [-0.3, -0.25) is 0 Å². The zero-order chi connectivity index (χ0) is 14.6. The third kappa shape index (κ3) is 17.4. The first-order chi connectivity index (χ1) is 7.79. The summed E-state index contributed by atoms with van der Waals surface area (Å²) in [5, 5.41) is 0. The van der Waals surface area contributed by atoms with Gasteiger partial charge in [0.1, 0.15) is 15.4 Å². The molecule has 0 spiro atoms. The summed E-state index contributed by atoms with van der Waals surface area (Å²) < 4.78 is 43.5. The molecule has 2 radical (unpaired) electrons. The molecule has 19 heavy (non-hydrogen) atoms. The topological polar surface area (TPSA) is 75.7 Å². The van der Waals surface area contributed by atoms with Crippen molar-refractivity contribution in [2.75, 3.05) is 5.75 Å². The first-order valence-corrected chi connectivity index (χ1v) is 15.5. The van der Waals surface area contributed by atoms with Gasteiger partial charge in [-0.25, -0.2) is 8.42 Å². The van der Waals surface area contributed by atoms with E-state index in [9.17, 15) is 13.0 Å². The summed E-state index contributed by atoms with van der Waals surface area (Å²) in [7, 11) is -7.43. The SMILES string of the molecule is C[Si](C)(C)OC(O[Si](C)(C)C)[Si]CCS(=O)(=O)[O-].[Na+]. The van der Waals surface area contributed by atoms with Gasteiger partial charge in [-0.05, 0) is 45.3 Å². The van der Waals surface area contributed by atoms with E-state index < -0.39 is 26.8 Å². The third-order valence-corrected chi connectivity index (χ3v) is 6.07. The quantitative estimate of drug-likeness (QED) is 0.307. The van der Waals surface area contributed by atoms with E-state index >= 15 is 0 Å². The van der Waals surface area contributed by atoms with E-state index in [0.29, 0.717) is 6.04 Å². The molecule has 0 bridgehead atoms. The molecule has 10 heteroatoms. The molecular weight excluding hydrogens is 327 g/mol. The van der Waals surface area contributed by atoms with Crippen LogP contribution in [-0.2, 0) is 19.0 Å². The van der Waals surface area contributed by atoms with E-state index in [2.05, 4.69) is 39.3 Å². The van der Waals surface area contributed by atoms with E-state index in [1.165, 1.54) is 0 Å². The summed E-state index contributed by atoms with van der Waals surface area (Å²) in [5.74, 6) is -0.698. The van der Waals surface area contributed by atoms with Crippen molar-refractivity contribution in [3.05, 3.63) is 0 Å². The van der Waals surface area contributed by atoms with Gasteiger partial charge in [-0.2, -0.15) is 0 Å². The number of rotatable bonds is 8. The van der Waals surface area contributed by atoms with Crippen LogP contribution in [0.2, 0.25) is 45.3 Å². The Labute approximate surface area is 144 Å². The average molecular weight is 351 g/mol. The maximum atomic E-state index is 10.6. The minimum atomic E-state index is -4.14. The van der Waals surface area contributed by atoms with Gasteiger partial charge in [0.15, 0.2) is 16.6 Å². The first kappa shape index (κ1) is 22.8. The van der Waals surface area contributed by atoms with Crippen LogP contribution in [0, 0.1) is 0 Å². The Bertz CT molecular complexity index is 334. The second-order valence-corrected chi connectivity index (χ2v) is 17.8. The van der Waals surface area contributed by atoms with Crippen LogP contribution >= 0.6 is 0 Å². The standard InChI is InChI=1S/C9H24O5SSi3.Na/c1-17(2,3)13-9(14-18(4,5)6)16-8-7-15(10,11)12;/h9H,7-8H2,1-6H3,(H,10,11,12);/q;+1/p-1. The van der Waals surface area contributed by atoms with Crippen LogP contribution < -0.4 is 29.6 Å². The normalized spacial score (nSPS) is 13.5. The van der Waals surface area contributed by atoms with Crippen molar-refractivity contribution in [1.29, 1.82) is 0 Å². The van der Waals surface area contributed by atoms with Crippen molar-refractivity contribution in [3.63, 3.8) is 0 Å². The largest absolute Gasteiger partial charge is 1.00 e. The van der Waals surface area contributed by atoms with Crippen LogP contribution in [0.1, 0.15) is 0 Å². The molecule has 0 unspecified atom stereocenters. The van der Waals surface area contributed by atoms with E-state index in [4.69, 9.17) is 8.85 Å². The summed E-state index contributed by atoms with van der Waals surface area (Å²) in [6.07, 6.45) is 0. The molecular formula is C9H23NaO5SSi3. The minimum absolute atomic E-state index is 0. The predicted octanol–water partition coefficient (Wildman–Crippen LogP) is -1.36. The molecule has 0 aromatic carbocycles. The van der Waals surface area contributed by atoms with Crippen molar-refractivity contribution in [1.82, 2.24) is 0 Å². The fraction of sp³-hybridized carbons (Fsp3) is 1.00. The van der Waals surface area contributed by atoms with Crippen molar-refractivity contribution >= 4 is 36.3 Å². The summed E-state index contributed by atoms with van der Waals surface area (Å²) in [6.45, 7) is 12.3. The van der Waals surface area contributed by atoms with E-state index in [0.717, 1.165) is 0 Å². The molecule has 0 atom stereocenters. The zero-order valence-electron chi connectivity index (χ0n) is 12.9. The number of hydrogen-bond acceptors (Lipinski definition) is 5. The Hall–Kier alpha value is 1.48. The maximum absolute atomic E-state index is 10.6. The smallest absolute Gasteiger partial charge is 0.748 e. The molecule has 0 saturated heterocycles. The molecule has 0 aliphatic carbocycles. The Balaban J connectivity index is 0. The summed E-state index contributed by atoms with van der Waals surface area (Å²) >= 11 is 0. The fourth-order valence-corrected chi connectivity index (χ4v) is 7.02. The first-order valence-electron chi connectivity index (χ1n) is 5.81. The van der Waals surface area contributed by atoms with Crippen molar-refractivity contribution in [2.24, 2.45) is 0 Å². The summed E-state index contributed by atoms with van der Waals surface area (Å²) in [6, 6.07) is 0.311. The Morgan fingerprint density at radius 3 is 1.68 bits per heavy atom. The van der Waals surface area contributed by atoms with Gasteiger partial charge in [-0.15, -0.1) is 0 Å². The third-order valence-electron chi connectivity index (χ3n) is 1.58. The van der Waals surface area contributed by atoms with Crippen LogP contribution in [-0.4, -0.2) is 50.8 Å². The Morgan fingerprint density at radius 2 is 1.42 bits per heavy atom. The second-order valence-electron chi connectivity index (χ2n) is 6.01. The van der Waals surface area contributed by atoms with Crippen LogP contribution in [0.4, 0.5) is 0 Å². The molecule has 0 rings (SSSR count). The minimum Gasteiger partial charge on any atom is -0.748 e. The van der Waals surface area contributed by atoms with Crippen molar-refractivity contribution in [3.8, 4) is 0 Å². The zero-order valence-corrected chi connectivity index (χ0v) is 18.8. The van der Waals surface area contributed by atoms with Gasteiger partial charge in [-0.1, -0.05) is 0 Å². The van der Waals surface area contributed by atoms with Crippen LogP contribution in [0.3, 0.4) is 0 Å². The molecule has 0 aliphatic rings. The molecule has 0 aromatic rings. The molecule has 0 heterocycles. The molecule has 0 fully saturated rings. The van der Waals surface area contributed by atoms with E-state index in [-0.39, 0.29) is 50.7 Å². The molecule has 0 saturated carbocycles. The molecule has 108 valence electrons. The number of hydrogen-bond donors (Lipinski definition) is 0. The second kappa shape index (κ2) is 8.81.